The van der Waals surface area contributed by atoms with Crippen LogP contribution in [0.4, 0.5) is 0 Å². The maximum Gasteiger partial charge on any atom is 0.240 e. The van der Waals surface area contributed by atoms with Crippen LogP contribution in [-0.2, 0) is 23.8 Å². The smallest absolute Gasteiger partial charge is 0.240 e. The van der Waals surface area contributed by atoms with Crippen LogP contribution in [0.3, 0.4) is 0 Å². The highest BCUT2D eigenvalue weighted by atomic mass is 16.8. The molecule has 1 aromatic carbocycles. The van der Waals surface area contributed by atoms with E-state index in [1.165, 1.54) is 7.11 Å². The lowest BCUT2D eigenvalue weighted by atomic mass is 9.91. The highest BCUT2D eigenvalue weighted by Crippen LogP contribution is 2.39. The molecular weight excluding hydrogens is 462 g/mol. The lowest BCUT2D eigenvalue weighted by Crippen LogP contribution is -2.36. The van der Waals surface area contributed by atoms with Crippen molar-refractivity contribution in [3.8, 4) is 5.69 Å². The third-order valence-electron chi connectivity index (χ3n) is 6.86. The molecule has 2 aliphatic rings. The average molecular weight is 498 g/mol. The summed E-state index contributed by atoms with van der Waals surface area (Å²) in [6.45, 7) is 9.18. The number of carbonyl (C=O) groups excluding carboxylic acids is 3. The summed E-state index contributed by atoms with van der Waals surface area (Å²) in [4.78, 5) is 33.7. The van der Waals surface area contributed by atoms with Gasteiger partial charge in [0.25, 0.3) is 0 Å². The number of aromatic nitrogens is 1. The van der Waals surface area contributed by atoms with Crippen molar-refractivity contribution < 1.29 is 28.6 Å². The number of hydrazone groups is 1. The summed E-state index contributed by atoms with van der Waals surface area (Å²) < 4.78 is 17.7. The van der Waals surface area contributed by atoms with Crippen molar-refractivity contribution in [3.63, 3.8) is 0 Å². The number of carbonyl (C=O) groups is 3. The Bertz CT molecular complexity index is 1140. The van der Waals surface area contributed by atoms with Crippen LogP contribution in [-0.4, -0.2) is 54.6 Å². The molecule has 9 nitrogen and oxygen atoms in total. The lowest BCUT2D eigenvalue weighted by molar-refractivity contribution is -0.255. The minimum absolute atomic E-state index is 0.0208. The molecule has 2 aromatic rings. The predicted molar refractivity (Wildman–Crippen MR) is 135 cm³/mol. The fourth-order valence-electron chi connectivity index (χ4n) is 4.64. The second-order valence-corrected chi connectivity index (χ2v) is 9.47. The number of methoxy groups -OCH3 is 2. The lowest BCUT2D eigenvalue weighted by Gasteiger charge is -2.25. The number of nitrogens with zero attached hydrogens (tertiary/aromatic N) is 2. The molecule has 5 unspecified atom stereocenters. The van der Waals surface area contributed by atoms with Crippen LogP contribution in [0, 0.1) is 24.7 Å². The standard InChI is InChI=1S/C18H19N3O2.C9H16O4/c1-11-8-17(23)19-20-18(11)14-4-6-15(7-5-14)21-9-12(2)16(10-21)13(3)22;1-6-7(5-10)9(2,12-4)13-8(6)11-3/h4-7,9-11H,8H2,1-3H3,(H,19,23);5-8H,1-4H3. The van der Waals surface area contributed by atoms with E-state index in [2.05, 4.69) is 10.5 Å². The van der Waals surface area contributed by atoms with Crippen LogP contribution >= 0.6 is 0 Å². The Morgan fingerprint density at radius 3 is 2.36 bits per heavy atom. The minimum atomic E-state index is -0.845. The normalized spacial score (nSPS) is 27.5. The van der Waals surface area contributed by atoms with Gasteiger partial charge in [0.15, 0.2) is 17.9 Å². The number of rotatable bonds is 6. The quantitative estimate of drug-likeness (QED) is 0.482. The third-order valence-corrected chi connectivity index (χ3v) is 6.86. The number of aryl methyl sites for hydroxylation is 1. The number of amides is 1. The summed E-state index contributed by atoms with van der Waals surface area (Å²) >= 11 is 0. The molecule has 9 heteroatoms. The predicted octanol–water partition coefficient (Wildman–Crippen LogP) is 3.65. The van der Waals surface area contributed by atoms with E-state index in [9.17, 15) is 14.4 Å². The maximum atomic E-state index is 11.6. The molecule has 3 heterocycles. The molecule has 2 aliphatic heterocycles. The number of hydrogen-bond acceptors (Lipinski definition) is 7. The number of Topliss-reactive ketones (excluding diaryl/α,β-unsaturated/α-hetero) is 1. The van der Waals surface area contributed by atoms with E-state index in [-0.39, 0.29) is 35.7 Å². The van der Waals surface area contributed by atoms with Gasteiger partial charge in [0.1, 0.15) is 6.29 Å². The molecular formula is C27H35N3O6. The van der Waals surface area contributed by atoms with Crippen molar-refractivity contribution in [2.75, 3.05) is 14.2 Å². The Labute approximate surface area is 211 Å². The first-order valence-electron chi connectivity index (χ1n) is 11.9. The van der Waals surface area contributed by atoms with E-state index in [4.69, 9.17) is 14.2 Å². The Balaban J connectivity index is 0.000000236. The Kier molecular flexibility index (Phi) is 8.60. The Morgan fingerprint density at radius 2 is 1.89 bits per heavy atom. The maximum absolute atomic E-state index is 11.6. The van der Waals surface area contributed by atoms with E-state index >= 15 is 0 Å². The van der Waals surface area contributed by atoms with Gasteiger partial charge in [0.05, 0.1) is 11.6 Å². The van der Waals surface area contributed by atoms with Crippen molar-refractivity contribution in [1.82, 2.24) is 9.99 Å². The molecule has 1 N–H and O–H groups in total. The monoisotopic (exact) mass is 497 g/mol. The summed E-state index contributed by atoms with van der Waals surface area (Å²) in [5, 5.41) is 4.17. The van der Waals surface area contributed by atoms with Crippen molar-refractivity contribution in [3.05, 3.63) is 53.3 Å². The fourth-order valence-corrected chi connectivity index (χ4v) is 4.64. The number of nitrogens with one attached hydrogen (secondary N) is 1. The first-order chi connectivity index (χ1) is 17.0. The summed E-state index contributed by atoms with van der Waals surface area (Å²) in [5.74, 6) is -0.971. The average Bonchev–Trinajstić information content (AvgIpc) is 3.36. The van der Waals surface area contributed by atoms with E-state index < -0.39 is 5.79 Å². The van der Waals surface area contributed by atoms with Crippen LogP contribution in [0.5, 0.6) is 0 Å². The molecule has 1 fully saturated rings. The Morgan fingerprint density at radius 1 is 1.22 bits per heavy atom. The molecule has 0 aliphatic carbocycles. The number of benzene rings is 1. The zero-order valence-electron chi connectivity index (χ0n) is 21.9. The van der Waals surface area contributed by atoms with Crippen molar-refractivity contribution in [2.24, 2.45) is 22.9 Å². The molecule has 1 amide bonds. The van der Waals surface area contributed by atoms with Crippen LogP contribution in [0.25, 0.3) is 5.69 Å². The molecule has 0 radical (unpaired) electrons. The summed E-state index contributed by atoms with van der Waals surface area (Å²) in [7, 11) is 3.09. The van der Waals surface area contributed by atoms with Gasteiger partial charge < -0.3 is 23.6 Å². The minimum Gasteiger partial charge on any atom is -0.355 e. The van der Waals surface area contributed by atoms with Gasteiger partial charge in [-0.15, -0.1) is 0 Å². The van der Waals surface area contributed by atoms with Crippen LogP contribution in [0.15, 0.2) is 41.8 Å². The molecule has 0 spiro atoms. The molecule has 1 aromatic heterocycles. The van der Waals surface area contributed by atoms with Gasteiger partial charge in [0.2, 0.25) is 5.91 Å². The Hall–Kier alpha value is -3.14. The van der Waals surface area contributed by atoms with Gasteiger partial charge in [-0.3, -0.25) is 9.59 Å². The highest BCUT2D eigenvalue weighted by Gasteiger charge is 2.51. The zero-order valence-corrected chi connectivity index (χ0v) is 21.9. The first-order valence-corrected chi connectivity index (χ1v) is 11.9. The molecule has 1 saturated heterocycles. The molecule has 194 valence electrons. The van der Waals surface area contributed by atoms with E-state index in [1.54, 1.807) is 21.0 Å². The second kappa shape index (κ2) is 11.3. The third kappa shape index (κ3) is 5.64. The number of aldehydes is 1. The molecule has 0 bridgehead atoms. The zero-order chi connectivity index (χ0) is 26.6. The number of ether oxygens (including phenoxy) is 3. The SMILES string of the molecule is CC(=O)c1cn(-c2ccc(C3=NNC(=O)CC3C)cc2)cc1C.COC1OC(C)(OC)C(C=O)C1C. The van der Waals surface area contributed by atoms with Crippen LogP contribution < -0.4 is 5.43 Å². The highest BCUT2D eigenvalue weighted by molar-refractivity contribution is 6.05. The summed E-state index contributed by atoms with van der Waals surface area (Å²) in [5.41, 5.74) is 7.12. The summed E-state index contributed by atoms with van der Waals surface area (Å²) in [6.07, 6.45) is 4.77. The van der Waals surface area contributed by atoms with Crippen molar-refractivity contribution in [2.45, 2.75) is 53.1 Å². The van der Waals surface area contributed by atoms with Crippen LogP contribution in [0.1, 0.15) is 55.6 Å². The van der Waals surface area contributed by atoms with Gasteiger partial charge in [-0.25, -0.2) is 5.43 Å². The van der Waals surface area contributed by atoms with E-state index in [1.807, 2.05) is 62.0 Å². The van der Waals surface area contributed by atoms with Gasteiger partial charge in [-0.2, -0.15) is 5.10 Å². The molecule has 4 rings (SSSR count). The first kappa shape index (κ1) is 27.4. The van der Waals surface area contributed by atoms with Gasteiger partial charge in [-0.1, -0.05) is 26.0 Å². The summed E-state index contributed by atoms with van der Waals surface area (Å²) in [6, 6.07) is 7.96. The number of ketones is 1. The molecule has 0 saturated carbocycles. The van der Waals surface area contributed by atoms with E-state index in [0.717, 1.165) is 34.4 Å². The van der Waals surface area contributed by atoms with Gasteiger partial charge in [-0.05, 0) is 44.0 Å². The van der Waals surface area contributed by atoms with Crippen molar-refractivity contribution >= 4 is 23.7 Å². The molecule has 36 heavy (non-hydrogen) atoms. The van der Waals surface area contributed by atoms with Crippen LogP contribution in [0.2, 0.25) is 0 Å². The van der Waals surface area contributed by atoms with Gasteiger partial charge >= 0.3 is 0 Å². The largest absolute Gasteiger partial charge is 0.355 e. The van der Waals surface area contributed by atoms with E-state index in [0.29, 0.717) is 6.42 Å². The molecule has 5 atom stereocenters. The number of hydrogen-bond donors (Lipinski definition) is 1. The van der Waals surface area contributed by atoms with Gasteiger partial charge in [0, 0.05) is 56.1 Å². The fraction of sp³-hybridized carbons (Fsp3) is 0.481. The van der Waals surface area contributed by atoms with Crippen molar-refractivity contribution in [1.29, 1.82) is 0 Å². The topological polar surface area (TPSA) is 108 Å². The second-order valence-electron chi connectivity index (χ2n) is 9.47.